The summed E-state index contributed by atoms with van der Waals surface area (Å²) in [6, 6.07) is 15.4. The molecule has 2 aliphatic rings. The molecule has 0 radical (unpaired) electrons. The Morgan fingerprint density at radius 1 is 1.12 bits per heavy atom. The van der Waals surface area contributed by atoms with Crippen molar-refractivity contribution < 1.29 is 14.3 Å². The van der Waals surface area contributed by atoms with Gasteiger partial charge in [-0.3, -0.25) is 9.59 Å². The number of ether oxygens (including phenoxy) is 1. The van der Waals surface area contributed by atoms with E-state index in [1.165, 1.54) is 0 Å². The molecule has 0 spiro atoms. The van der Waals surface area contributed by atoms with Crippen molar-refractivity contribution in [3.63, 3.8) is 0 Å². The fourth-order valence-corrected chi connectivity index (χ4v) is 4.66. The molecule has 3 aromatic rings. The van der Waals surface area contributed by atoms with Gasteiger partial charge in [0.15, 0.2) is 6.10 Å². The summed E-state index contributed by atoms with van der Waals surface area (Å²) in [5.41, 5.74) is 10.6. The lowest BCUT2D eigenvalue weighted by atomic mass is 9.99. The van der Waals surface area contributed by atoms with Gasteiger partial charge >= 0.3 is 0 Å². The van der Waals surface area contributed by atoms with Crippen molar-refractivity contribution in [2.24, 2.45) is 5.73 Å². The van der Waals surface area contributed by atoms with Crippen molar-refractivity contribution in [2.45, 2.75) is 18.9 Å². The highest BCUT2D eigenvalue weighted by molar-refractivity contribution is 6.32. The second-order valence-corrected chi connectivity index (χ2v) is 8.44. The van der Waals surface area contributed by atoms with Crippen LogP contribution in [0.1, 0.15) is 33.6 Å². The molecular formula is C25H22ClN3O3. The molecule has 2 aromatic carbocycles. The van der Waals surface area contributed by atoms with Gasteiger partial charge in [0, 0.05) is 17.0 Å². The average molecular weight is 448 g/mol. The lowest BCUT2D eigenvalue weighted by Crippen LogP contribution is -2.50. The molecule has 1 unspecified atom stereocenters. The van der Waals surface area contributed by atoms with Crippen LogP contribution >= 0.6 is 11.6 Å². The summed E-state index contributed by atoms with van der Waals surface area (Å²) >= 11 is 6.37. The Balaban J connectivity index is 1.62. The van der Waals surface area contributed by atoms with Crippen LogP contribution in [0.5, 0.6) is 0 Å². The van der Waals surface area contributed by atoms with Gasteiger partial charge in [0.2, 0.25) is 5.91 Å². The number of rotatable bonds is 3. The Labute approximate surface area is 190 Å². The number of benzene rings is 2. The van der Waals surface area contributed by atoms with Crippen molar-refractivity contribution in [1.29, 1.82) is 0 Å². The maximum atomic E-state index is 13.7. The Morgan fingerprint density at radius 2 is 1.91 bits per heavy atom. The van der Waals surface area contributed by atoms with Crippen LogP contribution in [0.2, 0.25) is 5.02 Å². The van der Waals surface area contributed by atoms with Crippen LogP contribution in [-0.2, 0) is 16.0 Å². The third-order valence-corrected chi connectivity index (χ3v) is 6.41. The van der Waals surface area contributed by atoms with Crippen LogP contribution in [-0.4, -0.2) is 47.5 Å². The molecule has 7 heteroatoms. The summed E-state index contributed by atoms with van der Waals surface area (Å²) < 4.78 is 5.43. The molecule has 162 valence electrons. The van der Waals surface area contributed by atoms with E-state index in [9.17, 15) is 9.59 Å². The molecule has 1 aliphatic carbocycles. The first-order valence-electron chi connectivity index (χ1n) is 10.6. The van der Waals surface area contributed by atoms with E-state index >= 15 is 0 Å². The number of aromatic nitrogens is 1. The van der Waals surface area contributed by atoms with E-state index in [1.807, 2.05) is 48.5 Å². The monoisotopic (exact) mass is 447 g/mol. The average Bonchev–Trinajstić information content (AvgIpc) is 3.20. The number of amides is 2. The molecule has 2 heterocycles. The minimum atomic E-state index is -0.787. The van der Waals surface area contributed by atoms with Gasteiger partial charge in [-0.1, -0.05) is 48.0 Å². The van der Waals surface area contributed by atoms with E-state index in [2.05, 4.69) is 6.08 Å². The second-order valence-electron chi connectivity index (χ2n) is 8.04. The van der Waals surface area contributed by atoms with Gasteiger partial charge in [-0.05, 0) is 47.8 Å². The number of nitrogens with two attached hydrogens (primary N) is 1. The summed E-state index contributed by atoms with van der Waals surface area (Å²) in [6.07, 6.45) is 2.76. The third kappa shape index (κ3) is 3.66. The fraction of sp³-hybridized carbons (Fsp3) is 0.240. The minimum Gasteiger partial charge on any atom is -0.367 e. The molecule has 1 saturated heterocycles. The summed E-state index contributed by atoms with van der Waals surface area (Å²) in [5.74, 6) is -0.675. The number of allylic oxidation sites excluding steroid dienone is 1. The van der Waals surface area contributed by atoms with E-state index in [0.29, 0.717) is 23.6 Å². The summed E-state index contributed by atoms with van der Waals surface area (Å²) in [5, 5.41) is 1.49. The van der Waals surface area contributed by atoms with Gasteiger partial charge < -0.3 is 15.4 Å². The molecule has 2 amide bonds. The number of primary amides is 1. The quantitative estimate of drug-likeness (QED) is 0.663. The van der Waals surface area contributed by atoms with Gasteiger partial charge in [-0.25, -0.2) is 4.98 Å². The van der Waals surface area contributed by atoms with Crippen LogP contribution in [0.3, 0.4) is 0 Å². The van der Waals surface area contributed by atoms with Crippen molar-refractivity contribution in [1.82, 2.24) is 9.88 Å². The molecule has 0 saturated carbocycles. The predicted octanol–water partition coefficient (Wildman–Crippen LogP) is 3.70. The molecule has 1 fully saturated rings. The summed E-state index contributed by atoms with van der Waals surface area (Å²) in [4.78, 5) is 31.9. The molecule has 2 N–H and O–H groups in total. The lowest BCUT2D eigenvalue weighted by molar-refractivity contribution is -0.133. The SMILES string of the molecule is NC(=O)C1CN(C(=O)c2c3c(nc4ccccc24)/C(=C\c2ccccc2Cl)CC3)CCO1. The molecule has 1 aromatic heterocycles. The Bertz CT molecular complexity index is 1270. The van der Waals surface area contributed by atoms with Gasteiger partial charge in [0.05, 0.1) is 29.9 Å². The first-order chi connectivity index (χ1) is 15.5. The number of fused-ring (bicyclic) bond motifs is 2. The van der Waals surface area contributed by atoms with Crippen LogP contribution in [0.25, 0.3) is 22.6 Å². The number of para-hydroxylation sites is 1. The summed E-state index contributed by atoms with van der Waals surface area (Å²) in [6.45, 7) is 0.848. The van der Waals surface area contributed by atoms with E-state index < -0.39 is 12.0 Å². The van der Waals surface area contributed by atoms with Crippen molar-refractivity contribution in [2.75, 3.05) is 19.7 Å². The molecule has 6 nitrogen and oxygen atoms in total. The van der Waals surface area contributed by atoms with Crippen LogP contribution in [0.15, 0.2) is 48.5 Å². The van der Waals surface area contributed by atoms with Gasteiger partial charge in [0.25, 0.3) is 5.91 Å². The Hall–Kier alpha value is -3.22. The van der Waals surface area contributed by atoms with Gasteiger partial charge in [-0.15, -0.1) is 0 Å². The molecule has 1 atom stereocenters. The predicted molar refractivity (Wildman–Crippen MR) is 124 cm³/mol. The number of hydrogen-bond acceptors (Lipinski definition) is 4. The van der Waals surface area contributed by atoms with Gasteiger partial charge in [0.1, 0.15) is 0 Å². The molecular weight excluding hydrogens is 426 g/mol. The number of carbonyl (C=O) groups excluding carboxylic acids is 2. The first kappa shape index (κ1) is 20.7. The number of carbonyl (C=O) groups is 2. The Morgan fingerprint density at radius 3 is 2.72 bits per heavy atom. The van der Waals surface area contributed by atoms with Crippen LogP contribution < -0.4 is 5.73 Å². The van der Waals surface area contributed by atoms with Gasteiger partial charge in [-0.2, -0.15) is 0 Å². The van der Waals surface area contributed by atoms with Crippen molar-refractivity contribution in [3.8, 4) is 0 Å². The van der Waals surface area contributed by atoms with E-state index in [-0.39, 0.29) is 19.1 Å². The molecule has 32 heavy (non-hydrogen) atoms. The molecule has 1 aliphatic heterocycles. The maximum absolute atomic E-state index is 13.7. The fourth-order valence-electron chi connectivity index (χ4n) is 4.47. The van der Waals surface area contributed by atoms with E-state index in [0.717, 1.165) is 39.7 Å². The third-order valence-electron chi connectivity index (χ3n) is 6.06. The Kier molecular flexibility index (Phi) is 5.41. The number of nitrogens with zero attached hydrogens (tertiary/aromatic N) is 2. The zero-order valence-electron chi connectivity index (χ0n) is 17.4. The first-order valence-corrected chi connectivity index (χ1v) is 11.0. The number of morpholine rings is 1. The molecule has 0 bridgehead atoms. The zero-order valence-corrected chi connectivity index (χ0v) is 18.1. The standard InChI is InChI=1S/C25H22ClN3O3/c26-19-7-3-1-5-15(19)13-16-9-10-18-22(17-6-2-4-8-20(17)28-23(16)18)25(31)29-11-12-32-21(14-29)24(27)30/h1-8,13,21H,9-12,14H2,(H2,27,30)/b16-13-. The van der Waals surface area contributed by atoms with Crippen LogP contribution in [0, 0.1) is 0 Å². The highest BCUT2D eigenvalue weighted by atomic mass is 35.5. The largest absolute Gasteiger partial charge is 0.367 e. The minimum absolute atomic E-state index is 0.117. The van der Waals surface area contributed by atoms with Crippen molar-refractivity contribution >= 4 is 46.0 Å². The van der Waals surface area contributed by atoms with Crippen LogP contribution in [0.4, 0.5) is 0 Å². The highest BCUT2D eigenvalue weighted by Gasteiger charge is 2.33. The van der Waals surface area contributed by atoms with Crippen molar-refractivity contribution in [3.05, 3.63) is 75.9 Å². The van der Waals surface area contributed by atoms with E-state index in [4.69, 9.17) is 27.1 Å². The number of halogens is 1. The maximum Gasteiger partial charge on any atom is 0.255 e. The zero-order chi connectivity index (χ0) is 22.2. The van der Waals surface area contributed by atoms with E-state index in [1.54, 1.807) is 4.90 Å². The number of pyridine rings is 1. The topological polar surface area (TPSA) is 85.5 Å². The molecule has 5 rings (SSSR count). The number of hydrogen-bond donors (Lipinski definition) is 1. The normalized spacial score (nSPS) is 19.3. The second kappa shape index (κ2) is 8.37. The summed E-state index contributed by atoms with van der Waals surface area (Å²) in [7, 11) is 0. The smallest absolute Gasteiger partial charge is 0.255 e. The highest BCUT2D eigenvalue weighted by Crippen LogP contribution is 2.38. The lowest BCUT2D eigenvalue weighted by Gasteiger charge is -2.32.